The van der Waals surface area contributed by atoms with Gasteiger partial charge in [0.05, 0.1) is 6.04 Å². The average Bonchev–Trinajstić information content (AvgIpc) is 2.75. The van der Waals surface area contributed by atoms with Crippen molar-refractivity contribution in [2.75, 3.05) is 34.8 Å². The molecule has 1 amide bonds. The van der Waals surface area contributed by atoms with Gasteiger partial charge in [-0.2, -0.15) is 4.98 Å². The average molecular weight is 493 g/mol. The molecule has 15 heteroatoms. The second-order valence-corrected chi connectivity index (χ2v) is 7.15. The molecule has 1 aromatic heterocycles. The molecule has 13 nitrogen and oxygen atoms in total. The molecule has 0 saturated heterocycles. The number of hydrogen-bond acceptors (Lipinski definition) is 9. The summed E-state index contributed by atoms with van der Waals surface area (Å²) >= 11 is 0. The number of aliphatic carboxylic acids is 2. The number of carboxylic acid groups (broad SMARTS) is 2. The van der Waals surface area contributed by atoms with Gasteiger partial charge in [0.15, 0.2) is 0 Å². The Hall–Kier alpha value is -2.29. The zero-order valence-electron chi connectivity index (χ0n) is 16.8. The number of anilines is 4. The zero-order valence-corrected chi connectivity index (χ0v) is 16.8. The van der Waals surface area contributed by atoms with Gasteiger partial charge in [-0.3, -0.25) is 14.4 Å². The molecule has 1 aliphatic rings. The SMILES string of the molecule is Nc1nc(=O)c2c([nH]1)NCC(CNc1ccc(C(=O)N[C@@H](CCC(=O)O)C(=O)O)cc1)N2.[NaH].[NaH]. The summed E-state index contributed by atoms with van der Waals surface area (Å²) in [5.74, 6) is -2.55. The zero-order chi connectivity index (χ0) is 23.3. The first-order valence-corrected chi connectivity index (χ1v) is 9.72. The molecule has 0 bridgehead atoms. The van der Waals surface area contributed by atoms with Crippen LogP contribution in [0.3, 0.4) is 0 Å². The Bertz CT molecular complexity index is 1080. The Morgan fingerprint density at radius 1 is 1.18 bits per heavy atom. The van der Waals surface area contributed by atoms with E-state index in [1.165, 1.54) is 12.1 Å². The summed E-state index contributed by atoms with van der Waals surface area (Å²) in [7, 11) is 0. The van der Waals surface area contributed by atoms with E-state index in [2.05, 4.69) is 31.2 Å². The number of benzene rings is 1. The molecule has 2 heterocycles. The van der Waals surface area contributed by atoms with Crippen molar-refractivity contribution < 1.29 is 24.6 Å². The number of H-pyrrole nitrogens is 1. The van der Waals surface area contributed by atoms with Crippen molar-refractivity contribution >= 4 is 100 Å². The Morgan fingerprint density at radius 2 is 1.85 bits per heavy atom. The van der Waals surface area contributed by atoms with Crippen LogP contribution in [-0.4, -0.2) is 122 Å². The molecule has 3 rings (SSSR count). The summed E-state index contributed by atoms with van der Waals surface area (Å²) in [6.45, 7) is 0.977. The third-order valence-corrected chi connectivity index (χ3v) is 4.76. The molecule has 1 aromatic carbocycles. The molecule has 0 aliphatic carbocycles. The van der Waals surface area contributed by atoms with Crippen molar-refractivity contribution in [1.29, 1.82) is 0 Å². The molecular weight excluding hydrogens is 468 g/mol. The Labute approximate surface area is 238 Å². The summed E-state index contributed by atoms with van der Waals surface area (Å²) < 4.78 is 0. The normalized spacial score (nSPS) is 14.5. The number of carboxylic acids is 2. The number of nitrogens with zero attached hydrogens (tertiary/aromatic N) is 1. The van der Waals surface area contributed by atoms with Gasteiger partial charge in [0.25, 0.3) is 11.5 Å². The van der Waals surface area contributed by atoms with Gasteiger partial charge < -0.3 is 42.2 Å². The number of rotatable bonds is 9. The Balaban J connectivity index is 0.00000289. The summed E-state index contributed by atoms with van der Waals surface area (Å²) in [6, 6.07) is 4.93. The molecule has 2 aromatic rings. The van der Waals surface area contributed by atoms with Crippen molar-refractivity contribution in [2.45, 2.75) is 24.9 Å². The van der Waals surface area contributed by atoms with Gasteiger partial charge in [-0.25, -0.2) is 4.79 Å². The second-order valence-electron chi connectivity index (χ2n) is 7.15. The first-order chi connectivity index (χ1) is 15.2. The van der Waals surface area contributed by atoms with Crippen LogP contribution in [0.2, 0.25) is 0 Å². The summed E-state index contributed by atoms with van der Waals surface area (Å²) in [5.41, 5.74) is 6.31. The molecule has 0 saturated carbocycles. The van der Waals surface area contributed by atoms with E-state index in [4.69, 9.17) is 15.9 Å². The molecule has 0 fully saturated rings. The van der Waals surface area contributed by atoms with Crippen LogP contribution in [0.15, 0.2) is 29.1 Å². The minimum absolute atomic E-state index is 0. The van der Waals surface area contributed by atoms with Crippen molar-refractivity contribution in [3.8, 4) is 0 Å². The van der Waals surface area contributed by atoms with Crippen LogP contribution in [0, 0.1) is 0 Å². The number of carbonyl (C=O) groups excluding carboxylic acids is 1. The van der Waals surface area contributed by atoms with Gasteiger partial charge >= 0.3 is 71.1 Å². The molecule has 174 valence electrons. The second kappa shape index (κ2) is 13.6. The van der Waals surface area contributed by atoms with E-state index in [0.717, 1.165) is 0 Å². The number of aromatic nitrogens is 2. The fraction of sp³-hybridized carbons (Fsp3) is 0.316. The third kappa shape index (κ3) is 8.18. The fourth-order valence-electron chi connectivity index (χ4n) is 3.11. The predicted octanol–water partition coefficient (Wildman–Crippen LogP) is -1.58. The first kappa shape index (κ1) is 29.7. The summed E-state index contributed by atoms with van der Waals surface area (Å²) in [5, 5.41) is 29.5. The number of aromatic amines is 1. The quantitative estimate of drug-likeness (QED) is 0.187. The van der Waals surface area contributed by atoms with E-state index in [9.17, 15) is 19.2 Å². The van der Waals surface area contributed by atoms with Crippen LogP contribution in [0.4, 0.5) is 23.1 Å². The third-order valence-electron chi connectivity index (χ3n) is 4.76. The molecule has 1 aliphatic heterocycles. The van der Waals surface area contributed by atoms with E-state index in [1.54, 1.807) is 12.1 Å². The molecule has 0 radical (unpaired) electrons. The van der Waals surface area contributed by atoms with Crippen molar-refractivity contribution in [1.82, 2.24) is 15.3 Å². The van der Waals surface area contributed by atoms with Crippen LogP contribution in [0.1, 0.15) is 23.2 Å². The molecule has 1 unspecified atom stereocenters. The van der Waals surface area contributed by atoms with E-state index >= 15 is 0 Å². The minimum atomic E-state index is -1.30. The standard InChI is InChI=1S/C19H23N7O6.2Na.2H/c20-19-25-15-14(17(30)26-19)23-11(8-22-15)7-21-10-3-1-9(2-4-10)16(29)24-12(18(31)32)5-6-13(27)28;;;;/h1-4,11-12,21,23H,5-8H2,(H,24,29)(H,27,28)(H,31,32)(H4,20,22,25,26,30);;;;/t11?,12-;;;;/m0..../s1. The molecule has 9 N–H and O–H groups in total. The van der Waals surface area contributed by atoms with E-state index in [1.807, 2.05) is 0 Å². The van der Waals surface area contributed by atoms with Crippen molar-refractivity contribution in [2.24, 2.45) is 0 Å². The van der Waals surface area contributed by atoms with E-state index in [0.29, 0.717) is 30.3 Å². The molecule has 2 atom stereocenters. The van der Waals surface area contributed by atoms with E-state index < -0.39 is 29.4 Å². The van der Waals surface area contributed by atoms with Gasteiger partial charge in [-0.05, 0) is 30.7 Å². The van der Waals surface area contributed by atoms with Gasteiger partial charge in [-0.1, -0.05) is 0 Å². The maximum absolute atomic E-state index is 12.3. The predicted molar refractivity (Wildman–Crippen MR) is 130 cm³/mol. The number of nitrogens with one attached hydrogen (secondary N) is 5. The number of carbonyl (C=O) groups is 3. The van der Waals surface area contributed by atoms with Gasteiger partial charge in [0.2, 0.25) is 5.95 Å². The van der Waals surface area contributed by atoms with Crippen LogP contribution in [-0.2, 0) is 9.59 Å². The van der Waals surface area contributed by atoms with Crippen molar-refractivity contribution in [3.63, 3.8) is 0 Å². The first-order valence-electron chi connectivity index (χ1n) is 9.72. The fourth-order valence-corrected chi connectivity index (χ4v) is 3.11. The van der Waals surface area contributed by atoms with Crippen LogP contribution in [0.5, 0.6) is 0 Å². The topological polar surface area (TPSA) is 212 Å². The number of fused-ring (bicyclic) bond motifs is 1. The molecule has 34 heavy (non-hydrogen) atoms. The van der Waals surface area contributed by atoms with Crippen LogP contribution < -0.4 is 32.6 Å². The number of amides is 1. The van der Waals surface area contributed by atoms with E-state index in [-0.39, 0.29) is 89.5 Å². The summed E-state index contributed by atoms with van der Waals surface area (Å²) in [4.78, 5) is 52.5. The van der Waals surface area contributed by atoms with Gasteiger partial charge in [0, 0.05) is 30.8 Å². The Kier molecular flexibility index (Phi) is 11.9. The summed E-state index contributed by atoms with van der Waals surface area (Å²) in [6.07, 6.45) is -0.587. The Morgan fingerprint density at radius 3 is 2.47 bits per heavy atom. The van der Waals surface area contributed by atoms with Crippen LogP contribution in [0.25, 0.3) is 0 Å². The molecular formula is C19H25N7Na2O6. The number of hydrogen-bond donors (Lipinski definition) is 8. The maximum atomic E-state index is 12.3. The van der Waals surface area contributed by atoms with Crippen LogP contribution >= 0.6 is 0 Å². The van der Waals surface area contributed by atoms with Gasteiger partial charge in [-0.15, -0.1) is 0 Å². The number of nitrogen functional groups attached to an aromatic ring is 1. The number of nitrogens with two attached hydrogens (primary N) is 1. The molecule has 0 spiro atoms. The van der Waals surface area contributed by atoms with Crippen molar-refractivity contribution in [3.05, 3.63) is 40.2 Å². The van der Waals surface area contributed by atoms with Gasteiger partial charge in [0.1, 0.15) is 17.5 Å². The monoisotopic (exact) mass is 493 g/mol.